The number of thiazole rings is 1. The lowest BCUT2D eigenvalue weighted by Crippen LogP contribution is -2.00. The number of hydrogen-bond donors (Lipinski definition) is 0. The van der Waals surface area contributed by atoms with Crippen molar-refractivity contribution >= 4 is 22.9 Å². The van der Waals surface area contributed by atoms with E-state index in [1.165, 1.54) is 0 Å². The number of alkyl halides is 1. The fraction of sp³-hybridized carbons (Fsp3) is 0.357. The molecule has 0 amide bonds. The smallest absolute Gasteiger partial charge is 0.122 e. The topological polar surface area (TPSA) is 31.4 Å². The molecule has 0 fully saturated rings. The van der Waals surface area contributed by atoms with Gasteiger partial charge in [0.2, 0.25) is 0 Å². The van der Waals surface area contributed by atoms with Gasteiger partial charge in [0.05, 0.1) is 25.3 Å². The Hall–Kier alpha value is -1.10. The molecule has 0 saturated carbocycles. The van der Waals surface area contributed by atoms with Crippen molar-refractivity contribution in [2.75, 3.05) is 7.11 Å². The van der Waals surface area contributed by atoms with E-state index in [4.69, 9.17) is 21.1 Å². The van der Waals surface area contributed by atoms with Gasteiger partial charge in [-0.2, -0.15) is 0 Å². The van der Waals surface area contributed by atoms with E-state index in [0.29, 0.717) is 12.5 Å². The Balaban J connectivity index is 1.90. The van der Waals surface area contributed by atoms with E-state index in [9.17, 15) is 0 Å². The van der Waals surface area contributed by atoms with Gasteiger partial charge in [0.15, 0.2) is 0 Å². The number of methoxy groups -OCH3 is 1. The van der Waals surface area contributed by atoms with Crippen molar-refractivity contribution in [3.8, 4) is 5.75 Å². The minimum atomic E-state index is -0.0240. The third-order valence-electron chi connectivity index (χ3n) is 2.71. The first kappa shape index (κ1) is 14.3. The predicted molar refractivity (Wildman–Crippen MR) is 77.9 cm³/mol. The van der Waals surface area contributed by atoms with Crippen molar-refractivity contribution in [3.05, 3.63) is 45.9 Å². The molecular formula is C14H16ClNO2S. The molecule has 1 unspecified atom stereocenters. The standard InChI is InChI=1S/C14H16ClNO2S/c1-10(14-16-12(7-15)9-19-14)18-8-11-3-5-13(17-2)6-4-11/h3-6,9-10H,7-8H2,1-2H3. The number of nitrogens with zero attached hydrogens (tertiary/aromatic N) is 1. The maximum atomic E-state index is 5.81. The zero-order chi connectivity index (χ0) is 13.7. The molecule has 0 bridgehead atoms. The molecule has 2 rings (SSSR count). The summed E-state index contributed by atoms with van der Waals surface area (Å²) < 4.78 is 10.9. The zero-order valence-corrected chi connectivity index (χ0v) is 12.5. The van der Waals surface area contributed by atoms with Gasteiger partial charge < -0.3 is 9.47 Å². The predicted octanol–water partition coefficient (Wildman–Crippen LogP) is 4.17. The minimum Gasteiger partial charge on any atom is -0.497 e. The van der Waals surface area contributed by atoms with E-state index in [2.05, 4.69) is 4.98 Å². The van der Waals surface area contributed by atoms with Gasteiger partial charge in [0, 0.05) is 5.38 Å². The van der Waals surface area contributed by atoms with Gasteiger partial charge in [-0.1, -0.05) is 12.1 Å². The molecule has 1 atom stereocenters. The third kappa shape index (κ3) is 3.93. The maximum absolute atomic E-state index is 5.81. The highest BCUT2D eigenvalue weighted by Gasteiger charge is 2.10. The molecule has 1 heterocycles. The summed E-state index contributed by atoms with van der Waals surface area (Å²) in [7, 11) is 1.66. The third-order valence-corrected chi connectivity index (χ3v) is 4.04. The normalized spacial score (nSPS) is 12.4. The fourth-order valence-corrected chi connectivity index (χ4v) is 2.64. The summed E-state index contributed by atoms with van der Waals surface area (Å²) in [5.74, 6) is 1.30. The van der Waals surface area contributed by atoms with E-state index in [-0.39, 0.29) is 6.10 Å². The van der Waals surface area contributed by atoms with Gasteiger partial charge in [0.1, 0.15) is 16.9 Å². The van der Waals surface area contributed by atoms with Crippen molar-refractivity contribution in [2.45, 2.75) is 25.5 Å². The Morgan fingerprint density at radius 3 is 2.63 bits per heavy atom. The van der Waals surface area contributed by atoms with Gasteiger partial charge in [-0.25, -0.2) is 4.98 Å². The van der Waals surface area contributed by atoms with Crippen molar-refractivity contribution < 1.29 is 9.47 Å². The molecule has 1 aromatic carbocycles. The van der Waals surface area contributed by atoms with E-state index in [1.54, 1.807) is 18.4 Å². The monoisotopic (exact) mass is 297 g/mol. The molecule has 0 radical (unpaired) electrons. The fourth-order valence-electron chi connectivity index (χ4n) is 1.59. The second kappa shape index (κ2) is 6.89. The van der Waals surface area contributed by atoms with Crippen LogP contribution in [-0.2, 0) is 17.2 Å². The molecule has 19 heavy (non-hydrogen) atoms. The summed E-state index contributed by atoms with van der Waals surface area (Å²) in [4.78, 5) is 4.41. The second-order valence-electron chi connectivity index (χ2n) is 4.11. The molecule has 0 saturated heterocycles. The molecule has 0 N–H and O–H groups in total. The van der Waals surface area contributed by atoms with Gasteiger partial charge in [-0.3, -0.25) is 0 Å². The lowest BCUT2D eigenvalue weighted by atomic mass is 10.2. The van der Waals surface area contributed by atoms with Gasteiger partial charge in [-0.05, 0) is 24.6 Å². The summed E-state index contributed by atoms with van der Waals surface area (Å²) in [6, 6.07) is 7.85. The van der Waals surface area contributed by atoms with Crippen LogP contribution in [0.15, 0.2) is 29.6 Å². The first-order valence-corrected chi connectivity index (χ1v) is 7.39. The maximum Gasteiger partial charge on any atom is 0.122 e. The van der Waals surface area contributed by atoms with Crippen LogP contribution in [0.2, 0.25) is 0 Å². The Morgan fingerprint density at radius 1 is 1.32 bits per heavy atom. The van der Waals surface area contributed by atoms with E-state index in [0.717, 1.165) is 22.0 Å². The molecule has 0 spiro atoms. The summed E-state index contributed by atoms with van der Waals surface area (Å²) in [6.45, 7) is 2.56. The molecule has 5 heteroatoms. The number of halogens is 1. The largest absolute Gasteiger partial charge is 0.497 e. The van der Waals surface area contributed by atoms with Crippen molar-refractivity contribution in [2.24, 2.45) is 0 Å². The number of rotatable bonds is 6. The average Bonchev–Trinajstić information content (AvgIpc) is 2.94. The molecular weight excluding hydrogens is 282 g/mol. The molecule has 0 aliphatic heterocycles. The van der Waals surface area contributed by atoms with Crippen molar-refractivity contribution in [3.63, 3.8) is 0 Å². The first-order valence-electron chi connectivity index (χ1n) is 5.97. The van der Waals surface area contributed by atoms with E-state index < -0.39 is 0 Å². The Morgan fingerprint density at radius 2 is 2.05 bits per heavy atom. The van der Waals surface area contributed by atoms with Crippen LogP contribution in [0.1, 0.15) is 29.3 Å². The summed E-state index contributed by atoms with van der Waals surface area (Å²) in [5.41, 5.74) is 2.02. The van der Waals surface area contributed by atoms with Gasteiger partial charge in [-0.15, -0.1) is 22.9 Å². The quantitative estimate of drug-likeness (QED) is 0.750. The number of benzene rings is 1. The molecule has 0 aliphatic rings. The zero-order valence-electron chi connectivity index (χ0n) is 10.9. The minimum absolute atomic E-state index is 0.0240. The van der Waals surface area contributed by atoms with Crippen LogP contribution in [0.5, 0.6) is 5.75 Å². The highest BCUT2D eigenvalue weighted by atomic mass is 35.5. The summed E-state index contributed by atoms with van der Waals surface area (Å²) in [6.07, 6.45) is -0.0240. The lowest BCUT2D eigenvalue weighted by molar-refractivity contribution is 0.0523. The molecule has 3 nitrogen and oxygen atoms in total. The highest BCUT2D eigenvalue weighted by Crippen LogP contribution is 2.23. The Labute approximate surface area is 122 Å². The number of aromatic nitrogens is 1. The van der Waals surface area contributed by atoms with Crippen molar-refractivity contribution in [1.82, 2.24) is 4.98 Å². The van der Waals surface area contributed by atoms with Gasteiger partial charge >= 0.3 is 0 Å². The summed E-state index contributed by atoms with van der Waals surface area (Å²) in [5, 5.41) is 2.93. The number of ether oxygens (including phenoxy) is 2. The van der Waals surface area contributed by atoms with E-state index >= 15 is 0 Å². The molecule has 0 aliphatic carbocycles. The Bertz CT molecular complexity index is 512. The molecule has 1 aromatic heterocycles. The van der Waals surface area contributed by atoms with Crippen LogP contribution in [0, 0.1) is 0 Å². The van der Waals surface area contributed by atoms with Crippen LogP contribution in [-0.4, -0.2) is 12.1 Å². The SMILES string of the molecule is COc1ccc(COC(C)c2nc(CCl)cs2)cc1. The van der Waals surface area contributed by atoms with Crippen LogP contribution in [0.25, 0.3) is 0 Å². The first-order chi connectivity index (χ1) is 9.22. The molecule has 102 valence electrons. The Kier molecular flexibility index (Phi) is 5.19. The number of hydrogen-bond acceptors (Lipinski definition) is 4. The lowest BCUT2D eigenvalue weighted by Gasteiger charge is -2.10. The second-order valence-corrected chi connectivity index (χ2v) is 5.27. The van der Waals surface area contributed by atoms with Crippen LogP contribution in [0.4, 0.5) is 0 Å². The van der Waals surface area contributed by atoms with Gasteiger partial charge in [0.25, 0.3) is 0 Å². The van der Waals surface area contributed by atoms with Crippen LogP contribution < -0.4 is 4.74 Å². The van der Waals surface area contributed by atoms with Crippen LogP contribution >= 0.6 is 22.9 Å². The van der Waals surface area contributed by atoms with Crippen LogP contribution in [0.3, 0.4) is 0 Å². The van der Waals surface area contributed by atoms with E-state index in [1.807, 2.05) is 36.6 Å². The molecule has 2 aromatic rings. The average molecular weight is 298 g/mol. The summed E-state index contributed by atoms with van der Waals surface area (Å²) >= 11 is 7.32. The van der Waals surface area contributed by atoms with Crippen molar-refractivity contribution in [1.29, 1.82) is 0 Å². The highest BCUT2D eigenvalue weighted by molar-refractivity contribution is 7.09.